The monoisotopic (exact) mass is 526 g/mol. The Morgan fingerprint density at radius 3 is 2.50 bits per heavy atom. The number of aliphatic hydroxyl groups excluding tert-OH is 2. The van der Waals surface area contributed by atoms with Crippen molar-refractivity contribution in [2.24, 2.45) is 57.2 Å². The minimum atomic E-state index is -1.27. The van der Waals surface area contributed by atoms with E-state index in [0.717, 1.165) is 38.5 Å². The number of esters is 1. The van der Waals surface area contributed by atoms with E-state index in [2.05, 4.69) is 33.4 Å². The second-order valence-corrected chi connectivity index (χ2v) is 14.1. The maximum Gasteiger partial charge on any atom is 0.302 e. The minimum Gasteiger partial charge on any atom is -0.462 e. The summed E-state index contributed by atoms with van der Waals surface area (Å²) in [5.41, 5.74) is 0.144. The van der Waals surface area contributed by atoms with Gasteiger partial charge in [-0.3, -0.25) is 14.4 Å². The molecule has 0 bridgehead atoms. The molecule has 2 spiro atoms. The molecule has 0 aromatic heterocycles. The zero-order valence-corrected chi connectivity index (χ0v) is 24.0. The molecule has 210 valence electrons. The summed E-state index contributed by atoms with van der Waals surface area (Å²) in [5, 5.41) is 20.9. The lowest BCUT2D eigenvalue weighted by Gasteiger charge is -2.61. The molecule has 2 N–H and O–H groups in total. The van der Waals surface area contributed by atoms with Gasteiger partial charge in [0.15, 0.2) is 11.6 Å². The van der Waals surface area contributed by atoms with Crippen molar-refractivity contribution in [1.29, 1.82) is 0 Å². The van der Waals surface area contributed by atoms with E-state index in [9.17, 15) is 24.6 Å². The number of aliphatic hydroxyl groups is 2. The minimum absolute atomic E-state index is 0.0714. The van der Waals surface area contributed by atoms with Crippen LogP contribution in [0.3, 0.4) is 0 Å². The van der Waals surface area contributed by atoms with Gasteiger partial charge in [-0.25, -0.2) is 0 Å². The van der Waals surface area contributed by atoms with Gasteiger partial charge in [0.05, 0.1) is 0 Å². The second-order valence-electron chi connectivity index (χ2n) is 14.1. The molecule has 0 radical (unpaired) electrons. The molecule has 0 saturated heterocycles. The van der Waals surface area contributed by atoms with Gasteiger partial charge in [0.25, 0.3) is 0 Å². The molecular weight excluding hydrogens is 480 g/mol. The van der Waals surface area contributed by atoms with E-state index in [4.69, 9.17) is 4.74 Å². The van der Waals surface area contributed by atoms with E-state index < -0.39 is 23.7 Å². The number of fused-ring (bicyclic) bond motifs is 2. The number of carbonyl (C=O) groups excluding carboxylic acids is 3. The first kappa shape index (κ1) is 27.8. The van der Waals surface area contributed by atoms with Gasteiger partial charge < -0.3 is 14.9 Å². The molecule has 6 heteroatoms. The molecule has 0 aromatic rings. The third kappa shape index (κ3) is 3.41. The first-order chi connectivity index (χ1) is 17.7. The summed E-state index contributed by atoms with van der Waals surface area (Å²) >= 11 is 0. The predicted molar refractivity (Wildman–Crippen MR) is 144 cm³/mol. The number of Topliss-reactive ketones (excluding diaryl/α,β-unsaturated/α-hetero) is 1. The summed E-state index contributed by atoms with van der Waals surface area (Å²) in [6.45, 7) is 15.5. The standard InChI is InChI=1S/C32H46O6/c1-17(15-33)18(2)27(36)28(37)20(4)26-24(38-21(5)34)14-30(7)25-9-8-22-19(3)23(35)10-11-31(22)16-32(25,31)13-12-29(26,30)6/h10-11,17,19-20,22,24-26,28,33,37H,2,8-9,12-16H2,1,3-7H3/t17-,19-,20-,22-,24-,25-,26-,28+,29+,30-,31-,32+/m0/s1. The van der Waals surface area contributed by atoms with Crippen molar-refractivity contribution < 1.29 is 29.3 Å². The van der Waals surface area contributed by atoms with E-state index in [-0.39, 0.29) is 63.5 Å². The van der Waals surface area contributed by atoms with Crippen LogP contribution >= 0.6 is 0 Å². The number of rotatable bonds is 7. The SMILES string of the molecule is C=C(C(=O)[C@H](O)[C@@H](C)[C@H]1[C@@H](OC(C)=O)C[C@@]2(C)[C@@H]3CC[C@H]4[C@H](C)C(=O)C=C[C@]45C[C@]35CC[C@]12C)[C@@H](C)CO. The van der Waals surface area contributed by atoms with Crippen LogP contribution in [0.25, 0.3) is 0 Å². The topological polar surface area (TPSA) is 101 Å². The molecule has 5 aliphatic rings. The molecule has 6 nitrogen and oxygen atoms in total. The number of ether oxygens (including phenoxy) is 1. The summed E-state index contributed by atoms with van der Waals surface area (Å²) in [6, 6.07) is 0. The fourth-order valence-electron chi connectivity index (χ4n) is 10.6. The maximum atomic E-state index is 13.2. The Balaban J connectivity index is 1.50. The maximum absolute atomic E-state index is 13.2. The third-order valence-corrected chi connectivity index (χ3v) is 12.9. The van der Waals surface area contributed by atoms with Crippen LogP contribution in [0, 0.1) is 57.2 Å². The fourth-order valence-corrected chi connectivity index (χ4v) is 10.6. The van der Waals surface area contributed by atoms with Crippen LogP contribution in [0.2, 0.25) is 0 Å². The Morgan fingerprint density at radius 1 is 1.18 bits per heavy atom. The molecule has 0 aromatic carbocycles. The Hall–Kier alpha value is -1.79. The smallest absolute Gasteiger partial charge is 0.302 e. The molecule has 12 atom stereocenters. The molecule has 4 fully saturated rings. The average molecular weight is 527 g/mol. The number of hydrogen-bond donors (Lipinski definition) is 2. The lowest BCUT2D eigenvalue weighted by atomic mass is 9.43. The summed E-state index contributed by atoms with van der Waals surface area (Å²) in [6.07, 6.45) is 8.39. The summed E-state index contributed by atoms with van der Waals surface area (Å²) in [7, 11) is 0. The first-order valence-electron chi connectivity index (χ1n) is 14.6. The molecule has 0 unspecified atom stereocenters. The van der Waals surface area contributed by atoms with Crippen LogP contribution in [0.1, 0.15) is 80.1 Å². The van der Waals surface area contributed by atoms with Crippen molar-refractivity contribution >= 4 is 17.5 Å². The summed E-state index contributed by atoms with van der Waals surface area (Å²) < 4.78 is 6.01. The lowest BCUT2D eigenvalue weighted by molar-refractivity contribution is -0.154. The van der Waals surface area contributed by atoms with E-state index in [0.29, 0.717) is 11.8 Å². The first-order valence-corrected chi connectivity index (χ1v) is 14.6. The Bertz CT molecular complexity index is 1090. The third-order valence-electron chi connectivity index (χ3n) is 12.9. The van der Waals surface area contributed by atoms with Crippen LogP contribution in [0.5, 0.6) is 0 Å². The molecule has 38 heavy (non-hydrogen) atoms. The van der Waals surface area contributed by atoms with E-state index in [1.54, 1.807) is 6.92 Å². The highest BCUT2D eigenvalue weighted by Gasteiger charge is 2.81. The normalized spacial score (nSPS) is 47.1. The van der Waals surface area contributed by atoms with Crippen molar-refractivity contribution in [2.45, 2.75) is 92.3 Å². The molecule has 4 saturated carbocycles. The number of allylic oxidation sites excluding steroid dienone is 2. The molecule has 0 aliphatic heterocycles. The molecule has 0 amide bonds. The van der Waals surface area contributed by atoms with Crippen LogP contribution < -0.4 is 0 Å². The van der Waals surface area contributed by atoms with Crippen LogP contribution in [-0.2, 0) is 19.1 Å². The van der Waals surface area contributed by atoms with Gasteiger partial charge in [-0.15, -0.1) is 0 Å². The van der Waals surface area contributed by atoms with Gasteiger partial charge in [0, 0.05) is 31.3 Å². The van der Waals surface area contributed by atoms with E-state index >= 15 is 0 Å². The summed E-state index contributed by atoms with van der Waals surface area (Å²) in [5.74, 6) is -0.640. The molecule has 5 rings (SSSR count). The molecule has 0 heterocycles. The predicted octanol–water partition coefficient (Wildman–Crippen LogP) is 4.67. The Labute approximate surface area is 227 Å². The van der Waals surface area contributed by atoms with Crippen LogP contribution in [0.4, 0.5) is 0 Å². The van der Waals surface area contributed by atoms with Gasteiger partial charge >= 0.3 is 5.97 Å². The van der Waals surface area contributed by atoms with Gasteiger partial charge in [-0.05, 0) is 89.6 Å². The highest BCUT2D eigenvalue weighted by atomic mass is 16.5. The largest absolute Gasteiger partial charge is 0.462 e. The van der Waals surface area contributed by atoms with Crippen LogP contribution in [0.15, 0.2) is 24.3 Å². The van der Waals surface area contributed by atoms with Gasteiger partial charge in [0.2, 0.25) is 0 Å². The zero-order valence-electron chi connectivity index (χ0n) is 24.0. The van der Waals surface area contributed by atoms with Crippen LogP contribution in [-0.4, -0.2) is 46.6 Å². The second kappa shape index (κ2) is 8.86. The number of carbonyl (C=O) groups is 3. The van der Waals surface area contributed by atoms with Crippen molar-refractivity contribution in [3.63, 3.8) is 0 Å². The zero-order chi connectivity index (χ0) is 28.0. The highest BCUT2D eigenvalue weighted by Crippen LogP contribution is 2.87. The molecule has 5 aliphatic carbocycles. The quantitative estimate of drug-likeness (QED) is 0.369. The number of hydrogen-bond acceptors (Lipinski definition) is 6. The van der Waals surface area contributed by atoms with Gasteiger partial charge in [-0.1, -0.05) is 47.3 Å². The van der Waals surface area contributed by atoms with Gasteiger partial charge in [-0.2, -0.15) is 0 Å². The van der Waals surface area contributed by atoms with Crippen molar-refractivity contribution in [3.8, 4) is 0 Å². The average Bonchev–Trinajstić information content (AvgIpc) is 3.48. The van der Waals surface area contributed by atoms with Crippen molar-refractivity contribution in [3.05, 3.63) is 24.3 Å². The van der Waals surface area contributed by atoms with E-state index in [1.165, 1.54) is 6.92 Å². The van der Waals surface area contributed by atoms with Crippen molar-refractivity contribution in [1.82, 2.24) is 0 Å². The summed E-state index contributed by atoms with van der Waals surface area (Å²) in [4.78, 5) is 38.1. The Kier molecular flexibility index (Phi) is 6.47. The number of ketones is 2. The lowest BCUT2D eigenvalue weighted by Crippen LogP contribution is -2.56. The Morgan fingerprint density at radius 2 is 1.87 bits per heavy atom. The van der Waals surface area contributed by atoms with E-state index in [1.807, 2.05) is 13.0 Å². The van der Waals surface area contributed by atoms with Crippen molar-refractivity contribution in [2.75, 3.05) is 6.61 Å². The fraction of sp³-hybridized carbons (Fsp3) is 0.781. The highest BCUT2D eigenvalue weighted by molar-refractivity contribution is 5.98. The molecular formula is C32H46O6. The van der Waals surface area contributed by atoms with Gasteiger partial charge in [0.1, 0.15) is 12.2 Å².